The van der Waals surface area contributed by atoms with E-state index in [0.29, 0.717) is 31.6 Å². The molecule has 0 saturated carbocycles. The molecule has 0 spiro atoms. The molecule has 0 bridgehead atoms. The first kappa shape index (κ1) is 28.0. The lowest BCUT2D eigenvalue weighted by Crippen LogP contribution is -2.57. The summed E-state index contributed by atoms with van der Waals surface area (Å²) in [6, 6.07) is 28.6. The molecule has 212 valence electrons. The topological polar surface area (TPSA) is 75.0 Å². The first-order chi connectivity index (χ1) is 19.6. The molecule has 1 N–H and O–H groups in total. The molecule has 1 saturated heterocycles. The molecule has 1 atom stereocenters. The second-order valence-electron chi connectivity index (χ2n) is 11.5. The Morgan fingerprint density at radius 2 is 1.59 bits per heavy atom. The van der Waals surface area contributed by atoms with Gasteiger partial charge in [-0.1, -0.05) is 60.7 Å². The van der Waals surface area contributed by atoms with Crippen LogP contribution in [0.5, 0.6) is 5.75 Å². The van der Waals surface area contributed by atoms with Crippen molar-refractivity contribution in [2.45, 2.75) is 45.8 Å². The fraction of sp³-hybridized carbons (Fsp3) is 0.294. The van der Waals surface area contributed by atoms with Crippen molar-refractivity contribution in [2.75, 3.05) is 19.6 Å². The number of carbonyl (C=O) groups excluding carboxylic acids is 2. The number of aromatic hydroxyl groups is 1. The number of ether oxygens (including phenoxy) is 1. The van der Waals surface area contributed by atoms with Crippen molar-refractivity contribution in [2.24, 2.45) is 0 Å². The van der Waals surface area contributed by atoms with E-state index in [9.17, 15) is 14.7 Å². The molecule has 0 aliphatic carbocycles. The number of hydrogen-bond acceptors (Lipinski definition) is 4. The summed E-state index contributed by atoms with van der Waals surface area (Å²) in [5.74, 6) is 0.0261. The molecule has 4 aromatic rings. The quantitative estimate of drug-likeness (QED) is 0.309. The van der Waals surface area contributed by atoms with E-state index in [-0.39, 0.29) is 23.8 Å². The zero-order valence-electron chi connectivity index (χ0n) is 24.1. The highest BCUT2D eigenvalue weighted by molar-refractivity contribution is 6.01. The third-order valence-corrected chi connectivity index (χ3v) is 7.26. The Morgan fingerprint density at radius 1 is 0.902 bits per heavy atom. The number of benzene rings is 3. The third-order valence-electron chi connectivity index (χ3n) is 7.26. The maximum atomic E-state index is 14.5. The molecule has 5 rings (SSSR count). The number of rotatable bonds is 5. The molecule has 7 heteroatoms. The van der Waals surface area contributed by atoms with Crippen molar-refractivity contribution >= 4 is 12.0 Å². The van der Waals surface area contributed by atoms with E-state index in [1.165, 1.54) is 0 Å². The lowest BCUT2D eigenvalue weighted by molar-refractivity contribution is 0.00440. The van der Waals surface area contributed by atoms with E-state index in [4.69, 9.17) is 4.74 Å². The average molecular weight is 552 g/mol. The van der Waals surface area contributed by atoms with Gasteiger partial charge in [-0.05, 0) is 70.0 Å². The minimum absolute atomic E-state index is 0.106. The Bertz CT molecular complexity index is 1520. The molecule has 1 aliphatic rings. The number of phenols is 1. The van der Waals surface area contributed by atoms with E-state index in [1.54, 1.807) is 23.1 Å². The maximum absolute atomic E-state index is 14.5. The van der Waals surface area contributed by atoms with Gasteiger partial charge in [0, 0.05) is 36.6 Å². The van der Waals surface area contributed by atoms with Crippen molar-refractivity contribution in [3.63, 3.8) is 0 Å². The number of carbonyl (C=O) groups is 2. The summed E-state index contributed by atoms with van der Waals surface area (Å²) >= 11 is 0. The van der Waals surface area contributed by atoms with Crippen LogP contribution in [0.15, 0.2) is 91.0 Å². The zero-order valence-corrected chi connectivity index (χ0v) is 24.1. The van der Waals surface area contributed by atoms with E-state index in [1.807, 2.05) is 105 Å². The predicted molar refractivity (Wildman–Crippen MR) is 160 cm³/mol. The largest absolute Gasteiger partial charge is 0.508 e. The Hall–Kier alpha value is -4.52. The number of hydrogen-bond donors (Lipinski definition) is 1. The van der Waals surface area contributed by atoms with Crippen molar-refractivity contribution in [1.29, 1.82) is 0 Å². The molecule has 7 nitrogen and oxygen atoms in total. The van der Waals surface area contributed by atoms with Gasteiger partial charge in [0.1, 0.15) is 11.4 Å². The molecule has 41 heavy (non-hydrogen) atoms. The van der Waals surface area contributed by atoms with Gasteiger partial charge >= 0.3 is 6.09 Å². The predicted octanol–water partition coefficient (Wildman–Crippen LogP) is 6.46. The summed E-state index contributed by atoms with van der Waals surface area (Å²) in [6.45, 7) is 8.68. The van der Waals surface area contributed by atoms with Crippen LogP contribution >= 0.6 is 0 Å². The van der Waals surface area contributed by atoms with Crippen LogP contribution in [-0.2, 0) is 11.2 Å². The number of para-hydroxylation sites is 1. The van der Waals surface area contributed by atoms with Gasteiger partial charge in [-0.25, -0.2) is 4.79 Å². The van der Waals surface area contributed by atoms with Crippen LogP contribution in [0.3, 0.4) is 0 Å². The molecule has 1 aliphatic heterocycles. The maximum Gasteiger partial charge on any atom is 0.410 e. The standard InChI is InChI=1S/C34H37N3O4/c1-24-20-30(31(26-14-11-17-29(38)22-26)37(24)27-15-9-6-10-16-27)32(39)36-19-18-35(33(40)41-34(2,3)4)23-28(36)21-25-12-7-5-8-13-25/h5-17,20,22,28,38H,18-19,21,23H2,1-4H3/t28-/m1/s1. The SMILES string of the molecule is Cc1cc(C(=O)N2CCN(C(=O)OC(C)(C)C)C[C@H]2Cc2ccccc2)c(-c2cccc(O)c2)n1-c1ccccc1. The highest BCUT2D eigenvalue weighted by Gasteiger charge is 2.36. The van der Waals surface area contributed by atoms with Crippen LogP contribution in [0.2, 0.25) is 0 Å². The van der Waals surface area contributed by atoms with Crippen molar-refractivity contribution < 1.29 is 19.4 Å². The zero-order chi connectivity index (χ0) is 29.1. The molecule has 0 radical (unpaired) electrons. The van der Waals surface area contributed by atoms with Crippen LogP contribution in [-0.4, -0.2) is 62.8 Å². The fourth-order valence-corrected chi connectivity index (χ4v) is 5.48. The van der Waals surface area contributed by atoms with E-state index in [0.717, 1.165) is 28.2 Å². The minimum atomic E-state index is -0.604. The van der Waals surface area contributed by atoms with Gasteiger partial charge in [0.05, 0.1) is 17.3 Å². The van der Waals surface area contributed by atoms with Gasteiger partial charge < -0.3 is 24.2 Å². The first-order valence-corrected chi connectivity index (χ1v) is 14.0. The summed E-state index contributed by atoms with van der Waals surface area (Å²) < 4.78 is 7.73. The van der Waals surface area contributed by atoms with Crippen LogP contribution in [0.25, 0.3) is 16.9 Å². The Balaban J connectivity index is 1.55. The van der Waals surface area contributed by atoms with Gasteiger partial charge in [-0.3, -0.25) is 4.79 Å². The van der Waals surface area contributed by atoms with Crippen LogP contribution < -0.4 is 0 Å². The summed E-state index contributed by atoms with van der Waals surface area (Å²) in [7, 11) is 0. The molecule has 2 heterocycles. The van der Waals surface area contributed by atoms with Crippen LogP contribution in [0.1, 0.15) is 42.4 Å². The summed E-state index contributed by atoms with van der Waals surface area (Å²) in [6.07, 6.45) is 0.236. The number of aryl methyl sites for hydroxylation is 1. The fourth-order valence-electron chi connectivity index (χ4n) is 5.48. The second kappa shape index (κ2) is 11.5. The van der Waals surface area contributed by atoms with Gasteiger partial charge in [0.25, 0.3) is 5.91 Å². The molecular weight excluding hydrogens is 514 g/mol. The van der Waals surface area contributed by atoms with Crippen LogP contribution in [0, 0.1) is 6.92 Å². The number of amides is 2. The summed E-state index contributed by atoms with van der Waals surface area (Å²) in [4.78, 5) is 31.1. The van der Waals surface area contributed by atoms with Crippen molar-refractivity contribution in [1.82, 2.24) is 14.4 Å². The highest BCUT2D eigenvalue weighted by Crippen LogP contribution is 2.34. The van der Waals surface area contributed by atoms with Crippen molar-refractivity contribution in [3.8, 4) is 22.7 Å². The second-order valence-corrected chi connectivity index (χ2v) is 11.5. The molecule has 0 unspecified atom stereocenters. The lowest BCUT2D eigenvalue weighted by Gasteiger charge is -2.42. The molecule has 3 aromatic carbocycles. The monoisotopic (exact) mass is 551 g/mol. The Morgan fingerprint density at radius 3 is 2.24 bits per heavy atom. The average Bonchev–Trinajstić information content (AvgIpc) is 3.30. The molecular formula is C34H37N3O4. The van der Waals surface area contributed by atoms with Gasteiger partial charge in [-0.2, -0.15) is 0 Å². The number of phenolic OH excluding ortho intramolecular Hbond substituents is 1. The summed E-state index contributed by atoms with van der Waals surface area (Å²) in [5.41, 5.74) is 4.35. The number of nitrogens with zero attached hydrogens (tertiary/aromatic N) is 3. The number of piperazine rings is 1. The Labute approximate surface area is 241 Å². The minimum Gasteiger partial charge on any atom is -0.508 e. The summed E-state index contributed by atoms with van der Waals surface area (Å²) in [5, 5.41) is 10.3. The highest BCUT2D eigenvalue weighted by atomic mass is 16.6. The van der Waals surface area contributed by atoms with E-state index >= 15 is 0 Å². The van der Waals surface area contributed by atoms with Crippen molar-refractivity contribution in [3.05, 3.63) is 108 Å². The molecule has 1 fully saturated rings. The third kappa shape index (κ3) is 6.30. The van der Waals surface area contributed by atoms with Gasteiger partial charge in [0.15, 0.2) is 0 Å². The molecule has 2 amide bonds. The first-order valence-electron chi connectivity index (χ1n) is 14.0. The van der Waals surface area contributed by atoms with E-state index in [2.05, 4.69) is 4.57 Å². The number of aromatic nitrogens is 1. The smallest absolute Gasteiger partial charge is 0.410 e. The normalized spacial score (nSPS) is 15.6. The lowest BCUT2D eigenvalue weighted by atomic mass is 10.00. The van der Waals surface area contributed by atoms with E-state index < -0.39 is 5.60 Å². The molecule has 1 aromatic heterocycles. The van der Waals surface area contributed by atoms with Gasteiger partial charge in [-0.15, -0.1) is 0 Å². The van der Waals surface area contributed by atoms with Gasteiger partial charge in [0.2, 0.25) is 0 Å². The Kier molecular flexibility index (Phi) is 7.88. The van der Waals surface area contributed by atoms with Crippen LogP contribution in [0.4, 0.5) is 4.79 Å².